The number of aryl methyl sites for hydroxylation is 2. The minimum atomic E-state index is -0.995. The molecule has 0 radical (unpaired) electrons. The smallest absolute Gasteiger partial charge is 0.309 e. The van der Waals surface area contributed by atoms with Crippen LogP contribution in [0.5, 0.6) is 0 Å². The lowest BCUT2D eigenvalue weighted by Gasteiger charge is -2.15. The minimum absolute atomic E-state index is 0.133. The number of H-pyrrole nitrogens is 1. The monoisotopic (exact) mass is 413 g/mol. The van der Waals surface area contributed by atoms with E-state index < -0.39 is 18.0 Å². The van der Waals surface area contributed by atoms with Crippen molar-refractivity contribution in [2.75, 3.05) is 13.7 Å². The van der Waals surface area contributed by atoms with Gasteiger partial charge in [-0.3, -0.25) is 9.59 Å². The Bertz CT molecular complexity index is 1100. The Morgan fingerprint density at radius 1 is 1.33 bits per heavy atom. The second kappa shape index (κ2) is 9.23. The molecular formula is C22H27N3O5. The maximum Gasteiger partial charge on any atom is 0.309 e. The summed E-state index contributed by atoms with van der Waals surface area (Å²) in [5.41, 5.74) is 3.95. The zero-order valence-corrected chi connectivity index (χ0v) is 17.4. The fourth-order valence-electron chi connectivity index (χ4n) is 3.58. The Balaban J connectivity index is 1.98. The number of aromatic nitrogens is 3. The van der Waals surface area contributed by atoms with Crippen molar-refractivity contribution in [3.8, 4) is 11.4 Å². The summed E-state index contributed by atoms with van der Waals surface area (Å²) in [7, 11) is 1.64. The summed E-state index contributed by atoms with van der Waals surface area (Å²) < 4.78 is 7.29. The highest BCUT2D eigenvalue weighted by Gasteiger charge is 2.23. The molecule has 0 amide bonds. The zero-order valence-electron chi connectivity index (χ0n) is 17.4. The van der Waals surface area contributed by atoms with Crippen molar-refractivity contribution >= 4 is 17.0 Å². The first kappa shape index (κ1) is 21.7. The molecule has 2 heterocycles. The van der Waals surface area contributed by atoms with Crippen LogP contribution in [0.15, 0.2) is 35.3 Å². The molecule has 160 valence electrons. The van der Waals surface area contributed by atoms with Crippen LogP contribution in [0.2, 0.25) is 0 Å². The minimum Gasteiger partial charge on any atom is -0.481 e. The van der Waals surface area contributed by atoms with E-state index in [0.717, 1.165) is 28.0 Å². The van der Waals surface area contributed by atoms with Crippen LogP contribution in [0.1, 0.15) is 24.5 Å². The van der Waals surface area contributed by atoms with Gasteiger partial charge in [0.15, 0.2) is 0 Å². The van der Waals surface area contributed by atoms with Gasteiger partial charge in [0, 0.05) is 31.0 Å². The van der Waals surface area contributed by atoms with Crippen molar-refractivity contribution in [2.24, 2.45) is 5.92 Å². The fourth-order valence-corrected chi connectivity index (χ4v) is 3.58. The molecule has 0 bridgehead atoms. The number of pyridine rings is 1. The fraction of sp³-hybridized carbons (Fsp3) is 0.409. The molecule has 0 aliphatic carbocycles. The topological polar surface area (TPSA) is 117 Å². The third-order valence-corrected chi connectivity index (χ3v) is 5.32. The number of nitrogens with one attached hydrogen (secondary N) is 1. The van der Waals surface area contributed by atoms with Gasteiger partial charge in [-0.05, 0) is 50.5 Å². The van der Waals surface area contributed by atoms with Crippen LogP contribution in [0.4, 0.5) is 0 Å². The van der Waals surface area contributed by atoms with Gasteiger partial charge in [-0.15, -0.1) is 0 Å². The van der Waals surface area contributed by atoms with Crippen molar-refractivity contribution in [1.82, 2.24) is 14.5 Å². The van der Waals surface area contributed by atoms with Crippen LogP contribution in [-0.4, -0.2) is 50.5 Å². The largest absolute Gasteiger partial charge is 0.481 e. The van der Waals surface area contributed by atoms with Gasteiger partial charge in [0.1, 0.15) is 5.82 Å². The standard InChI is InChI=1S/C22H27N3O5/c1-13-10-16(12-23-21(13)27)20-24-18-11-15(4-6-17(14(2)26)22(28)29)5-7-19(18)25(20)8-9-30-3/h5,7,10-12,14,17,26H,4,6,8-9H2,1-3H3,(H,23,27)(H,28,29)/t14-,17+/m1/s1. The van der Waals surface area contributed by atoms with E-state index in [1.54, 1.807) is 20.2 Å². The molecule has 0 aliphatic heterocycles. The van der Waals surface area contributed by atoms with E-state index in [1.165, 1.54) is 6.92 Å². The lowest BCUT2D eigenvalue weighted by molar-refractivity contribution is -0.145. The number of aromatic amines is 1. The van der Waals surface area contributed by atoms with E-state index in [4.69, 9.17) is 9.72 Å². The van der Waals surface area contributed by atoms with Crippen molar-refractivity contribution in [1.29, 1.82) is 0 Å². The van der Waals surface area contributed by atoms with Gasteiger partial charge < -0.3 is 24.5 Å². The Morgan fingerprint density at radius 3 is 2.73 bits per heavy atom. The number of hydrogen-bond donors (Lipinski definition) is 3. The molecule has 0 unspecified atom stereocenters. The first-order chi connectivity index (χ1) is 14.3. The first-order valence-electron chi connectivity index (χ1n) is 9.90. The number of aliphatic hydroxyl groups excluding tert-OH is 1. The summed E-state index contributed by atoms with van der Waals surface area (Å²) in [5.74, 6) is -1.07. The van der Waals surface area contributed by atoms with E-state index in [2.05, 4.69) is 4.98 Å². The van der Waals surface area contributed by atoms with Gasteiger partial charge in [0.25, 0.3) is 5.56 Å². The quantitative estimate of drug-likeness (QED) is 0.496. The molecular weight excluding hydrogens is 386 g/mol. The number of methoxy groups -OCH3 is 1. The molecule has 2 aromatic heterocycles. The van der Waals surface area contributed by atoms with E-state index in [-0.39, 0.29) is 5.56 Å². The van der Waals surface area contributed by atoms with Crippen LogP contribution in [0.25, 0.3) is 22.4 Å². The van der Waals surface area contributed by atoms with E-state index in [1.807, 2.05) is 28.8 Å². The summed E-state index contributed by atoms with van der Waals surface area (Å²) in [6.45, 7) is 4.36. The molecule has 0 saturated carbocycles. The lowest BCUT2D eigenvalue weighted by atomic mass is 9.95. The van der Waals surface area contributed by atoms with Crippen LogP contribution in [0, 0.1) is 12.8 Å². The van der Waals surface area contributed by atoms with Gasteiger partial charge >= 0.3 is 5.97 Å². The average molecular weight is 413 g/mol. The second-order valence-electron chi connectivity index (χ2n) is 7.53. The summed E-state index contributed by atoms with van der Waals surface area (Å²) in [5, 5.41) is 19.0. The maximum absolute atomic E-state index is 11.7. The predicted molar refractivity (Wildman–Crippen MR) is 114 cm³/mol. The van der Waals surface area contributed by atoms with Gasteiger partial charge in [0.2, 0.25) is 0 Å². The molecule has 1 aromatic carbocycles. The highest BCUT2D eigenvalue weighted by Crippen LogP contribution is 2.26. The lowest BCUT2D eigenvalue weighted by Crippen LogP contribution is -2.26. The maximum atomic E-state index is 11.7. The number of carboxylic acids is 1. The molecule has 0 fully saturated rings. The molecule has 0 saturated heterocycles. The molecule has 2 atom stereocenters. The number of aliphatic carboxylic acids is 1. The van der Waals surface area contributed by atoms with Crippen LogP contribution >= 0.6 is 0 Å². The molecule has 3 aromatic rings. The highest BCUT2D eigenvalue weighted by molar-refractivity contribution is 5.81. The molecule has 30 heavy (non-hydrogen) atoms. The molecule has 3 rings (SSSR count). The van der Waals surface area contributed by atoms with Crippen molar-refractivity contribution < 1.29 is 19.7 Å². The number of carbonyl (C=O) groups is 1. The number of hydrogen-bond acceptors (Lipinski definition) is 5. The molecule has 0 spiro atoms. The third kappa shape index (κ3) is 4.60. The molecule has 8 heteroatoms. The third-order valence-electron chi connectivity index (χ3n) is 5.32. The Labute approximate surface area is 174 Å². The Hall–Kier alpha value is -2.97. The first-order valence-corrected chi connectivity index (χ1v) is 9.90. The van der Waals surface area contributed by atoms with Crippen molar-refractivity contribution in [3.63, 3.8) is 0 Å². The van der Waals surface area contributed by atoms with Crippen LogP contribution < -0.4 is 5.56 Å². The summed E-state index contributed by atoms with van der Waals surface area (Å²) >= 11 is 0. The Morgan fingerprint density at radius 2 is 2.10 bits per heavy atom. The zero-order chi connectivity index (χ0) is 21.8. The average Bonchev–Trinajstić information content (AvgIpc) is 3.05. The SMILES string of the molecule is COCCn1c(-c2c[nH]c(=O)c(C)c2)nc2cc(CC[C@H](C(=O)O)[C@@H](C)O)ccc21. The second-order valence-corrected chi connectivity index (χ2v) is 7.53. The molecule has 8 nitrogen and oxygen atoms in total. The Kier molecular flexibility index (Phi) is 6.69. The van der Waals surface area contributed by atoms with Gasteiger partial charge in [0.05, 0.1) is 29.7 Å². The van der Waals surface area contributed by atoms with Crippen LogP contribution in [0.3, 0.4) is 0 Å². The highest BCUT2D eigenvalue weighted by atomic mass is 16.5. The number of benzene rings is 1. The summed E-state index contributed by atoms with van der Waals surface area (Å²) in [6, 6.07) is 7.68. The van der Waals surface area contributed by atoms with Gasteiger partial charge in [-0.1, -0.05) is 6.07 Å². The number of imidazole rings is 1. The van der Waals surface area contributed by atoms with Crippen molar-refractivity contribution in [3.05, 3.63) is 51.9 Å². The summed E-state index contributed by atoms with van der Waals surface area (Å²) in [6.07, 6.45) is 1.61. The number of rotatable bonds is 9. The predicted octanol–water partition coefficient (Wildman–Crippen LogP) is 2.36. The molecule has 0 aliphatic rings. The normalized spacial score (nSPS) is 13.5. The number of fused-ring (bicyclic) bond motifs is 1. The van der Waals surface area contributed by atoms with Crippen LogP contribution in [-0.2, 0) is 22.5 Å². The van der Waals surface area contributed by atoms with Gasteiger partial charge in [-0.25, -0.2) is 4.98 Å². The van der Waals surface area contributed by atoms with E-state index in [0.29, 0.717) is 31.6 Å². The summed E-state index contributed by atoms with van der Waals surface area (Å²) in [4.78, 5) is 30.6. The van der Waals surface area contributed by atoms with E-state index in [9.17, 15) is 19.8 Å². The van der Waals surface area contributed by atoms with E-state index >= 15 is 0 Å². The number of ether oxygens (including phenoxy) is 1. The number of nitrogens with zero attached hydrogens (tertiary/aromatic N) is 2. The number of carboxylic acid groups (broad SMARTS) is 1. The molecule has 3 N–H and O–H groups in total. The number of aliphatic hydroxyl groups is 1. The van der Waals surface area contributed by atoms with Gasteiger partial charge in [-0.2, -0.15) is 0 Å². The van der Waals surface area contributed by atoms with Crippen molar-refractivity contribution in [2.45, 2.75) is 39.3 Å².